The molecule has 1 aromatic rings. The van der Waals surface area contributed by atoms with Gasteiger partial charge in [-0.25, -0.2) is 0 Å². The molecule has 0 spiro atoms. The summed E-state index contributed by atoms with van der Waals surface area (Å²) < 4.78 is 5.55. The van der Waals surface area contributed by atoms with Crippen molar-refractivity contribution < 1.29 is 9.53 Å². The van der Waals surface area contributed by atoms with E-state index in [0.717, 1.165) is 30.1 Å². The van der Waals surface area contributed by atoms with Crippen molar-refractivity contribution >= 4 is 17.5 Å². The Morgan fingerprint density at radius 1 is 1.53 bits per heavy atom. The van der Waals surface area contributed by atoms with Gasteiger partial charge < -0.3 is 15.4 Å². The van der Waals surface area contributed by atoms with E-state index in [2.05, 4.69) is 10.6 Å². The van der Waals surface area contributed by atoms with E-state index in [0.29, 0.717) is 6.54 Å². The average molecular weight is 283 g/mol. The van der Waals surface area contributed by atoms with Gasteiger partial charge in [0.25, 0.3) is 0 Å². The molecule has 5 heteroatoms. The number of carbonyl (C=O) groups is 1. The van der Waals surface area contributed by atoms with E-state index in [-0.39, 0.29) is 18.1 Å². The lowest BCUT2D eigenvalue weighted by molar-refractivity contribution is -0.135. The molecule has 0 bridgehead atoms. The molecule has 0 atom stereocenters. The summed E-state index contributed by atoms with van der Waals surface area (Å²) in [7, 11) is 0. The predicted molar refractivity (Wildman–Crippen MR) is 75.4 cm³/mol. The van der Waals surface area contributed by atoms with Crippen LogP contribution in [-0.4, -0.2) is 37.7 Å². The van der Waals surface area contributed by atoms with Gasteiger partial charge in [0.1, 0.15) is 6.61 Å². The average Bonchev–Trinajstić information content (AvgIpc) is 2.34. The van der Waals surface area contributed by atoms with Crippen molar-refractivity contribution in [2.75, 3.05) is 26.2 Å². The summed E-state index contributed by atoms with van der Waals surface area (Å²) in [5.41, 5.74) is 0.938. The second-order valence-corrected chi connectivity index (χ2v) is 5.51. The molecule has 1 aromatic carbocycles. The summed E-state index contributed by atoms with van der Waals surface area (Å²) in [6.07, 6.45) is 0.769. The van der Waals surface area contributed by atoms with Crippen LogP contribution in [0, 0.1) is 0 Å². The Kier molecular flexibility index (Phi) is 4.80. The van der Waals surface area contributed by atoms with Crippen molar-refractivity contribution in [1.29, 1.82) is 0 Å². The summed E-state index contributed by atoms with van der Waals surface area (Å²) in [6.45, 7) is 4.33. The molecule has 0 saturated carbocycles. The molecule has 1 aliphatic heterocycles. The topological polar surface area (TPSA) is 50.4 Å². The number of benzene rings is 1. The van der Waals surface area contributed by atoms with Gasteiger partial charge in [0.05, 0.1) is 5.60 Å². The summed E-state index contributed by atoms with van der Waals surface area (Å²) in [6, 6.07) is 7.65. The van der Waals surface area contributed by atoms with Crippen molar-refractivity contribution in [3.8, 4) is 0 Å². The molecule has 1 heterocycles. The lowest BCUT2D eigenvalue weighted by atomic mass is 10.0. The third-order valence-corrected chi connectivity index (χ3v) is 3.41. The normalized spacial score (nSPS) is 16.7. The van der Waals surface area contributed by atoms with Crippen LogP contribution in [0.1, 0.15) is 12.5 Å². The van der Waals surface area contributed by atoms with Crippen LogP contribution in [0.2, 0.25) is 5.02 Å². The van der Waals surface area contributed by atoms with Crippen molar-refractivity contribution in [2.45, 2.75) is 18.9 Å². The first-order chi connectivity index (χ1) is 9.07. The van der Waals surface area contributed by atoms with E-state index >= 15 is 0 Å². The Bertz CT molecular complexity index is 447. The molecular formula is C14H19ClN2O2. The Balaban J connectivity index is 1.63. The number of ether oxygens (including phenoxy) is 1. The maximum Gasteiger partial charge on any atom is 0.246 e. The van der Waals surface area contributed by atoms with E-state index in [4.69, 9.17) is 16.3 Å². The molecule has 4 nitrogen and oxygen atoms in total. The maximum atomic E-state index is 11.6. The third-order valence-electron chi connectivity index (χ3n) is 3.17. The smallest absolute Gasteiger partial charge is 0.246 e. The standard InChI is InChI=1S/C14H19ClN2O2/c1-14(9-16-10-14)19-8-13(18)17-6-5-11-3-2-4-12(15)7-11/h2-4,7,16H,5-6,8-10H2,1H3,(H,17,18). The van der Waals surface area contributed by atoms with Crippen LogP contribution in [0.4, 0.5) is 0 Å². The van der Waals surface area contributed by atoms with Gasteiger partial charge in [-0.15, -0.1) is 0 Å². The minimum absolute atomic E-state index is 0.0739. The lowest BCUT2D eigenvalue weighted by Crippen LogP contribution is -2.59. The number of hydrogen-bond acceptors (Lipinski definition) is 3. The maximum absolute atomic E-state index is 11.6. The minimum atomic E-state index is -0.176. The van der Waals surface area contributed by atoms with Crippen LogP contribution < -0.4 is 10.6 Å². The molecule has 19 heavy (non-hydrogen) atoms. The number of halogens is 1. The zero-order valence-corrected chi connectivity index (χ0v) is 11.8. The van der Waals surface area contributed by atoms with Gasteiger partial charge in [0.2, 0.25) is 5.91 Å². The number of nitrogens with one attached hydrogen (secondary N) is 2. The number of carbonyl (C=O) groups excluding carboxylic acids is 1. The highest BCUT2D eigenvalue weighted by atomic mass is 35.5. The van der Waals surface area contributed by atoms with Gasteiger partial charge in [0.15, 0.2) is 0 Å². The molecule has 0 aromatic heterocycles. The molecular weight excluding hydrogens is 264 g/mol. The van der Waals surface area contributed by atoms with Gasteiger partial charge in [-0.1, -0.05) is 23.7 Å². The highest BCUT2D eigenvalue weighted by molar-refractivity contribution is 6.30. The zero-order chi connectivity index (χ0) is 13.7. The molecule has 1 amide bonds. The van der Waals surface area contributed by atoms with Crippen LogP contribution in [0.25, 0.3) is 0 Å². The lowest BCUT2D eigenvalue weighted by Gasteiger charge is -2.38. The summed E-state index contributed by atoms with van der Waals surface area (Å²) >= 11 is 5.90. The number of rotatable bonds is 6. The summed E-state index contributed by atoms with van der Waals surface area (Å²) in [5.74, 6) is -0.0739. The Morgan fingerprint density at radius 3 is 2.95 bits per heavy atom. The quantitative estimate of drug-likeness (QED) is 0.829. The summed E-state index contributed by atoms with van der Waals surface area (Å²) in [4.78, 5) is 11.6. The van der Waals surface area contributed by atoms with E-state index < -0.39 is 0 Å². The van der Waals surface area contributed by atoms with Crippen LogP contribution in [0.15, 0.2) is 24.3 Å². The van der Waals surface area contributed by atoms with E-state index in [1.165, 1.54) is 0 Å². The van der Waals surface area contributed by atoms with Crippen molar-refractivity contribution in [2.24, 2.45) is 0 Å². The zero-order valence-electron chi connectivity index (χ0n) is 11.0. The summed E-state index contributed by atoms with van der Waals surface area (Å²) in [5, 5.41) is 6.69. The van der Waals surface area contributed by atoms with Gasteiger partial charge in [-0.05, 0) is 31.0 Å². The molecule has 1 saturated heterocycles. The van der Waals surface area contributed by atoms with Crippen LogP contribution >= 0.6 is 11.6 Å². The van der Waals surface area contributed by atoms with Crippen LogP contribution in [0.5, 0.6) is 0 Å². The first-order valence-corrected chi connectivity index (χ1v) is 6.81. The highest BCUT2D eigenvalue weighted by Crippen LogP contribution is 2.14. The van der Waals surface area contributed by atoms with Crippen molar-refractivity contribution in [1.82, 2.24) is 10.6 Å². The van der Waals surface area contributed by atoms with Crippen molar-refractivity contribution in [3.63, 3.8) is 0 Å². The van der Waals surface area contributed by atoms with Gasteiger partial charge >= 0.3 is 0 Å². The fourth-order valence-corrected chi connectivity index (χ4v) is 2.12. The minimum Gasteiger partial charge on any atom is -0.363 e. The van der Waals surface area contributed by atoms with E-state index in [1.54, 1.807) is 0 Å². The SMILES string of the molecule is CC1(OCC(=O)NCCc2cccc(Cl)c2)CNC1. The van der Waals surface area contributed by atoms with E-state index in [9.17, 15) is 4.79 Å². The Hall–Kier alpha value is -1.10. The second kappa shape index (κ2) is 6.37. The number of amides is 1. The molecule has 2 rings (SSSR count). The highest BCUT2D eigenvalue weighted by Gasteiger charge is 2.32. The first-order valence-electron chi connectivity index (χ1n) is 6.43. The predicted octanol–water partition coefficient (Wildman–Crippen LogP) is 1.38. The van der Waals surface area contributed by atoms with Gasteiger partial charge in [0, 0.05) is 24.7 Å². The fourth-order valence-electron chi connectivity index (χ4n) is 1.91. The number of hydrogen-bond donors (Lipinski definition) is 2. The second-order valence-electron chi connectivity index (χ2n) is 5.07. The monoisotopic (exact) mass is 282 g/mol. The Labute approximate surface area is 118 Å². The largest absolute Gasteiger partial charge is 0.363 e. The first kappa shape index (κ1) is 14.3. The third kappa shape index (κ3) is 4.49. The molecule has 104 valence electrons. The molecule has 0 radical (unpaired) electrons. The molecule has 0 unspecified atom stereocenters. The van der Waals surface area contributed by atoms with Gasteiger partial charge in [-0.2, -0.15) is 0 Å². The van der Waals surface area contributed by atoms with Crippen LogP contribution in [-0.2, 0) is 16.0 Å². The Morgan fingerprint density at radius 2 is 2.32 bits per heavy atom. The molecule has 2 N–H and O–H groups in total. The molecule has 0 aliphatic carbocycles. The van der Waals surface area contributed by atoms with Crippen LogP contribution in [0.3, 0.4) is 0 Å². The van der Waals surface area contributed by atoms with Gasteiger partial charge in [-0.3, -0.25) is 4.79 Å². The molecule has 1 fully saturated rings. The van der Waals surface area contributed by atoms with Crippen molar-refractivity contribution in [3.05, 3.63) is 34.9 Å². The van der Waals surface area contributed by atoms with E-state index in [1.807, 2.05) is 31.2 Å². The fraction of sp³-hybridized carbons (Fsp3) is 0.500. The molecule has 1 aliphatic rings.